The molecule has 1 heterocycles. The van der Waals surface area contributed by atoms with E-state index in [-0.39, 0.29) is 5.91 Å². The van der Waals surface area contributed by atoms with Gasteiger partial charge in [0, 0.05) is 28.7 Å². The lowest BCUT2D eigenvalue weighted by atomic mass is 10.0. The van der Waals surface area contributed by atoms with Crippen LogP contribution >= 0.6 is 15.9 Å². The molecule has 3 rings (SSSR count). The van der Waals surface area contributed by atoms with E-state index in [1.54, 1.807) is 0 Å². The summed E-state index contributed by atoms with van der Waals surface area (Å²) in [4.78, 5) is 12.9. The van der Waals surface area contributed by atoms with Gasteiger partial charge < -0.3 is 15.6 Å². The maximum atomic E-state index is 12.9. The fourth-order valence-electron chi connectivity index (χ4n) is 2.57. The summed E-state index contributed by atoms with van der Waals surface area (Å²) in [7, 11) is 0. The van der Waals surface area contributed by atoms with E-state index in [9.17, 15) is 4.79 Å². The maximum Gasteiger partial charge on any atom is 0.261 e. The minimum Gasteiger partial charge on any atom is -0.360 e. The fourth-order valence-corrected chi connectivity index (χ4v) is 2.84. The summed E-state index contributed by atoms with van der Waals surface area (Å²) in [6.07, 6.45) is 0.578. The summed E-state index contributed by atoms with van der Waals surface area (Å²) in [5.74, 6) is 0.315. The normalized spacial score (nSPS) is 10.7. The van der Waals surface area contributed by atoms with Crippen molar-refractivity contribution in [1.29, 1.82) is 0 Å². The maximum absolute atomic E-state index is 12.9. The standard InChI is InChI=1S/C19H18BrN3O2/c1-2-16-17(18(23-25-16)13-6-8-14(20)9-7-13)19(24)22-15-5-3-4-12(10-15)11-21/h3-10H,2,11,21H2,1H3,(H,22,24). The van der Waals surface area contributed by atoms with Crippen molar-refractivity contribution >= 4 is 27.5 Å². The molecule has 0 radical (unpaired) electrons. The second kappa shape index (κ2) is 7.63. The minimum atomic E-state index is -0.245. The smallest absolute Gasteiger partial charge is 0.261 e. The summed E-state index contributed by atoms with van der Waals surface area (Å²) in [6.45, 7) is 2.35. The van der Waals surface area contributed by atoms with Gasteiger partial charge in [-0.1, -0.05) is 52.3 Å². The van der Waals surface area contributed by atoms with Crippen LogP contribution in [0.4, 0.5) is 5.69 Å². The number of benzene rings is 2. The van der Waals surface area contributed by atoms with E-state index < -0.39 is 0 Å². The van der Waals surface area contributed by atoms with Crippen LogP contribution in [-0.4, -0.2) is 11.1 Å². The molecule has 0 aliphatic carbocycles. The quantitative estimate of drug-likeness (QED) is 0.666. The molecule has 128 valence electrons. The molecule has 5 nitrogen and oxygen atoms in total. The minimum absolute atomic E-state index is 0.245. The molecule has 0 fully saturated rings. The third-order valence-corrected chi connectivity index (χ3v) is 4.38. The predicted octanol–water partition coefficient (Wildman–Crippen LogP) is 4.38. The van der Waals surface area contributed by atoms with Gasteiger partial charge in [-0.2, -0.15) is 0 Å². The zero-order valence-electron chi connectivity index (χ0n) is 13.8. The fraction of sp³-hybridized carbons (Fsp3) is 0.158. The SMILES string of the molecule is CCc1onc(-c2ccc(Br)cc2)c1C(=O)Nc1cccc(CN)c1. The molecule has 0 spiro atoms. The number of amides is 1. The zero-order valence-corrected chi connectivity index (χ0v) is 15.3. The Morgan fingerprint density at radius 3 is 2.68 bits per heavy atom. The lowest BCUT2D eigenvalue weighted by Crippen LogP contribution is -2.14. The van der Waals surface area contributed by atoms with Crippen molar-refractivity contribution in [3.05, 3.63) is 69.9 Å². The van der Waals surface area contributed by atoms with Gasteiger partial charge in [-0.05, 0) is 29.8 Å². The zero-order chi connectivity index (χ0) is 17.8. The summed E-state index contributed by atoms with van der Waals surface area (Å²) in [5.41, 5.74) is 9.13. The van der Waals surface area contributed by atoms with Gasteiger partial charge in [-0.3, -0.25) is 4.79 Å². The van der Waals surface area contributed by atoms with Crippen LogP contribution in [0, 0.1) is 0 Å². The van der Waals surface area contributed by atoms with Crippen LogP contribution in [0.5, 0.6) is 0 Å². The Labute approximate surface area is 154 Å². The number of aryl methyl sites for hydroxylation is 1. The van der Waals surface area contributed by atoms with Crippen LogP contribution in [0.25, 0.3) is 11.3 Å². The van der Waals surface area contributed by atoms with Crippen LogP contribution < -0.4 is 11.1 Å². The second-order valence-corrected chi connectivity index (χ2v) is 6.46. The van der Waals surface area contributed by atoms with Crippen LogP contribution in [0.15, 0.2) is 57.5 Å². The Balaban J connectivity index is 1.96. The first-order valence-corrected chi connectivity index (χ1v) is 8.76. The van der Waals surface area contributed by atoms with Gasteiger partial charge in [0.25, 0.3) is 5.91 Å². The Morgan fingerprint density at radius 1 is 1.24 bits per heavy atom. The van der Waals surface area contributed by atoms with Gasteiger partial charge in [-0.25, -0.2) is 0 Å². The molecule has 0 aliphatic rings. The predicted molar refractivity (Wildman–Crippen MR) is 101 cm³/mol. The summed E-state index contributed by atoms with van der Waals surface area (Å²) >= 11 is 3.41. The molecule has 0 saturated heterocycles. The lowest BCUT2D eigenvalue weighted by Gasteiger charge is -2.08. The molecule has 0 bridgehead atoms. The molecule has 3 N–H and O–H groups in total. The Morgan fingerprint density at radius 2 is 2.00 bits per heavy atom. The molecule has 0 aliphatic heterocycles. The molecule has 1 aromatic heterocycles. The highest BCUT2D eigenvalue weighted by Crippen LogP contribution is 2.28. The molecule has 25 heavy (non-hydrogen) atoms. The van der Waals surface area contributed by atoms with Gasteiger partial charge in [0.05, 0.1) is 0 Å². The first-order valence-electron chi connectivity index (χ1n) is 7.97. The molecule has 1 amide bonds. The van der Waals surface area contributed by atoms with E-state index in [1.165, 1.54) is 0 Å². The van der Waals surface area contributed by atoms with E-state index in [2.05, 4.69) is 26.4 Å². The molecule has 2 aromatic carbocycles. The summed E-state index contributed by atoms with van der Waals surface area (Å²) < 4.78 is 6.35. The van der Waals surface area contributed by atoms with Gasteiger partial charge in [0.2, 0.25) is 0 Å². The average molecular weight is 400 g/mol. The number of rotatable bonds is 5. The molecule has 0 atom stereocenters. The van der Waals surface area contributed by atoms with Crippen LogP contribution in [0.2, 0.25) is 0 Å². The highest BCUT2D eigenvalue weighted by atomic mass is 79.9. The highest BCUT2D eigenvalue weighted by Gasteiger charge is 2.23. The van der Waals surface area contributed by atoms with Crippen molar-refractivity contribution in [1.82, 2.24) is 5.16 Å². The van der Waals surface area contributed by atoms with E-state index in [1.807, 2.05) is 55.5 Å². The van der Waals surface area contributed by atoms with Gasteiger partial charge in [-0.15, -0.1) is 0 Å². The van der Waals surface area contributed by atoms with E-state index >= 15 is 0 Å². The number of hydrogen-bond donors (Lipinski definition) is 2. The van der Waals surface area contributed by atoms with Crippen molar-refractivity contribution in [2.24, 2.45) is 5.73 Å². The van der Waals surface area contributed by atoms with Crippen LogP contribution in [0.1, 0.15) is 28.6 Å². The molecule has 3 aromatic rings. The molecule has 0 saturated carbocycles. The van der Waals surface area contributed by atoms with Gasteiger partial charge >= 0.3 is 0 Å². The van der Waals surface area contributed by atoms with E-state index in [0.29, 0.717) is 35.7 Å². The van der Waals surface area contributed by atoms with E-state index in [4.69, 9.17) is 10.3 Å². The van der Waals surface area contributed by atoms with Gasteiger partial charge in [0.15, 0.2) is 0 Å². The van der Waals surface area contributed by atoms with Crippen molar-refractivity contribution in [3.63, 3.8) is 0 Å². The molecule has 6 heteroatoms. The van der Waals surface area contributed by atoms with Gasteiger partial charge in [0.1, 0.15) is 17.0 Å². The Hall–Kier alpha value is -2.44. The molecule has 0 unspecified atom stereocenters. The Kier molecular flexibility index (Phi) is 5.31. The van der Waals surface area contributed by atoms with E-state index in [0.717, 1.165) is 15.6 Å². The number of carbonyl (C=O) groups is 1. The van der Waals surface area contributed by atoms with Crippen LogP contribution in [0.3, 0.4) is 0 Å². The topological polar surface area (TPSA) is 81.2 Å². The largest absolute Gasteiger partial charge is 0.360 e. The summed E-state index contributed by atoms with van der Waals surface area (Å²) in [6, 6.07) is 15.1. The number of anilines is 1. The molecular formula is C19H18BrN3O2. The van der Waals surface area contributed by atoms with Crippen LogP contribution in [-0.2, 0) is 13.0 Å². The first-order chi connectivity index (χ1) is 12.1. The number of carbonyl (C=O) groups excluding carboxylic acids is 1. The lowest BCUT2D eigenvalue weighted by molar-refractivity contribution is 0.102. The monoisotopic (exact) mass is 399 g/mol. The highest BCUT2D eigenvalue weighted by molar-refractivity contribution is 9.10. The number of aromatic nitrogens is 1. The third kappa shape index (κ3) is 3.81. The van der Waals surface area contributed by atoms with Crippen molar-refractivity contribution in [3.8, 4) is 11.3 Å². The third-order valence-electron chi connectivity index (χ3n) is 3.85. The number of halogens is 1. The van der Waals surface area contributed by atoms with Crippen molar-refractivity contribution < 1.29 is 9.32 Å². The number of hydrogen-bond acceptors (Lipinski definition) is 4. The number of nitrogens with zero attached hydrogens (tertiary/aromatic N) is 1. The average Bonchev–Trinajstić information content (AvgIpc) is 3.06. The van der Waals surface area contributed by atoms with Crippen molar-refractivity contribution in [2.75, 3.05) is 5.32 Å². The van der Waals surface area contributed by atoms with Crippen molar-refractivity contribution in [2.45, 2.75) is 19.9 Å². The first kappa shape index (κ1) is 17.4. The molecular weight excluding hydrogens is 382 g/mol. The Bertz CT molecular complexity index is 888. The number of nitrogens with one attached hydrogen (secondary N) is 1. The summed E-state index contributed by atoms with van der Waals surface area (Å²) in [5, 5.41) is 7.02. The second-order valence-electron chi connectivity index (χ2n) is 5.55. The number of nitrogens with two attached hydrogens (primary N) is 1.